The van der Waals surface area contributed by atoms with Crippen LogP contribution in [0, 0.1) is 0 Å². The van der Waals surface area contributed by atoms with Crippen molar-refractivity contribution in [2.45, 2.75) is 37.4 Å². The van der Waals surface area contributed by atoms with Gasteiger partial charge in [-0.05, 0) is 49.3 Å². The van der Waals surface area contributed by atoms with E-state index in [0.29, 0.717) is 55.8 Å². The first-order valence-electron chi connectivity index (χ1n) is 10.7. The average Bonchev–Trinajstić information content (AvgIpc) is 3.20. The first-order chi connectivity index (χ1) is 15.0. The SMILES string of the molecule is O=C1NCC(CCC(=O)N2CCOCC2)N2CC(NC(=S)Nc3ccc(Cl)cc3)CC12. The van der Waals surface area contributed by atoms with Crippen molar-refractivity contribution in [1.29, 1.82) is 0 Å². The molecule has 1 aromatic carbocycles. The summed E-state index contributed by atoms with van der Waals surface area (Å²) in [5.74, 6) is 0.218. The molecule has 3 unspecified atom stereocenters. The van der Waals surface area contributed by atoms with Gasteiger partial charge >= 0.3 is 0 Å². The number of carbonyl (C=O) groups excluding carboxylic acids is 2. The van der Waals surface area contributed by atoms with E-state index in [0.717, 1.165) is 18.7 Å². The standard InChI is InChI=1S/C21H28ClN5O3S/c22-14-1-3-15(4-2-14)24-21(31)25-16-11-18-20(29)23-12-17(27(18)13-16)5-6-19(28)26-7-9-30-10-8-26/h1-4,16-18H,5-13H2,(H,23,29)(H2,24,25,31). The lowest BCUT2D eigenvalue weighted by atomic mass is 10.0. The fourth-order valence-electron chi connectivity index (χ4n) is 4.50. The van der Waals surface area contributed by atoms with Gasteiger partial charge in [0.15, 0.2) is 5.11 Å². The summed E-state index contributed by atoms with van der Waals surface area (Å²) in [5.41, 5.74) is 0.856. The molecule has 3 saturated heterocycles. The second-order valence-corrected chi connectivity index (χ2v) is 9.03. The highest BCUT2D eigenvalue weighted by Crippen LogP contribution is 2.26. The topological polar surface area (TPSA) is 85.9 Å². The summed E-state index contributed by atoms with van der Waals surface area (Å²) >= 11 is 11.4. The number of carbonyl (C=O) groups is 2. The van der Waals surface area contributed by atoms with Crippen molar-refractivity contribution in [3.8, 4) is 0 Å². The molecule has 10 heteroatoms. The molecule has 3 aliphatic rings. The summed E-state index contributed by atoms with van der Waals surface area (Å²) < 4.78 is 5.32. The van der Waals surface area contributed by atoms with Gasteiger partial charge in [-0.15, -0.1) is 0 Å². The maximum Gasteiger partial charge on any atom is 0.237 e. The van der Waals surface area contributed by atoms with Crippen LogP contribution < -0.4 is 16.0 Å². The number of amides is 2. The van der Waals surface area contributed by atoms with Gasteiger partial charge in [0.05, 0.1) is 19.3 Å². The lowest BCUT2D eigenvalue weighted by Gasteiger charge is -2.37. The van der Waals surface area contributed by atoms with Gasteiger partial charge in [-0.25, -0.2) is 0 Å². The molecule has 3 N–H and O–H groups in total. The van der Waals surface area contributed by atoms with Gasteiger partial charge in [-0.3, -0.25) is 14.5 Å². The molecule has 0 bridgehead atoms. The van der Waals surface area contributed by atoms with E-state index in [2.05, 4.69) is 20.9 Å². The van der Waals surface area contributed by atoms with Gasteiger partial charge in [0.25, 0.3) is 0 Å². The predicted molar refractivity (Wildman–Crippen MR) is 123 cm³/mol. The second kappa shape index (κ2) is 10.1. The van der Waals surface area contributed by atoms with Crippen LogP contribution in [-0.4, -0.2) is 84.2 Å². The van der Waals surface area contributed by atoms with Gasteiger partial charge < -0.3 is 25.6 Å². The number of rotatable bonds is 5. The third kappa shape index (κ3) is 5.65. The molecular weight excluding hydrogens is 438 g/mol. The molecule has 3 heterocycles. The van der Waals surface area contributed by atoms with Gasteiger partial charge in [-0.1, -0.05) is 11.6 Å². The van der Waals surface area contributed by atoms with Gasteiger partial charge in [0, 0.05) is 55.4 Å². The zero-order valence-corrected chi connectivity index (χ0v) is 18.9. The summed E-state index contributed by atoms with van der Waals surface area (Å²) in [4.78, 5) is 29.1. The van der Waals surface area contributed by atoms with Crippen molar-refractivity contribution in [3.63, 3.8) is 0 Å². The number of morpholine rings is 1. The zero-order valence-electron chi connectivity index (χ0n) is 17.3. The normalized spacial score (nSPS) is 26.2. The Morgan fingerprint density at radius 1 is 1.26 bits per heavy atom. The van der Waals surface area contributed by atoms with Crippen molar-refractivity contribution < 1.29 is 14.3 Å². The van der Waals surface area contributed by atoms with E-state index in [-0.39, 0.29) is 29.9 Å². The highest BCUT2D eigenvalue weighted by Gasteiger charge is 2.43. The first-order valence-corrected chi connectivity index (χ1v) is 11.5. The van der Waals surface area contributed by atoms with Crippen molar-refractivity contribution in [2.24, 2.45) is 0 Å². The van der Waals surface area contributed by atoms with Crippen LogP contribution in [-0.2, 0) is 14.3 Å². The highest BCUT2D eigenvalue weighted by atomic mass is 35.5. The monoisotopic (exact) mass is 465 g/mol. The number of nitrogens with zero attached hydrogens (tertiary/aromatic N) is 2. The molecule has 3 atom stereocenters. The summed E-state index contributed by atoms with van der Waals surface area (Å²) in [5, 5.41) is 10.7. The third-order valence-electron chi connectivity index (χ3n) is 6.12. The molecule has 4 rings (SSSR count). The summed E-state index contributed by atoms with van der Waals surface area (Å²) in [6.07, 6.45) is 1.90. The molecular formula is C21H28ClN5O3S. The number of halogens is 1. The zero-order chi connectivity index (χ0) is 21.8. The highest BCUT2D eigenvalue weighted by molar-refractivity contribution is 7.80. The summed E-state index contributed by atoms with van der Waals surface area (Å²) in [6, 6.07) is 7.36. The Balaban J connectivity index is 1.29. The second-order valence-electron chi connectivity index (χ2n) is 8.18. The van der Waals surface area contributed by atoms with Crippen LogP contribution in [0.5, 0.6) is 0 Å². The molecule has 31 heavy (non-hydrogen) atoms. The lowest BCUT2D eigenvalue weighted by Crippen LogP contribution is -2.58. The van der Waals surface area contributed by atoms with Crippen molar-refractivity contribution in [3.05, 3.63) is 29.3 Å². The number of benzene rings is 1. The molecule has 0 spiro atoms. The van der Waals surface area contributed by atoms with Crippen molar-refractivity contribution in [1.82, 2.24) is 20.4 Å². The first kappa shape index (κ1) is 22.3. The molecule has 0 radical (unpaired) electrons. The van der Waals surface area contributed by atoms with Gasteiger partial charge in [0.1, 0.15) is 0 Å². The Kier molecular flexibility index (Phi) is 7.27. The Hall–Kier alpha value is -1.94. The largest absolute Gasteiger partial charge is 0.378 e. The van der Waals surface area contributed by atoms with Crippen molar-refractivity contribution in [2.75, 3.05) is 44.7 Å². The number of nitrogens with one attached hydrogen (secondary N) is 3. The van der Waals surface area contributed by atoms with Crippen LogP contribution in [0.2, 0.25) is 5.02 Å². The Labute approximate surface area is 192 Å². The smallest absolute Gasteiger partial charge is 0.237 e. The molecule has 0 saturated carbocycles. The number of hydrogen-bond donors (Lipinski definition) is 3. The minimum Gasteiger partial charge on any atom is -0.378 e. The van der Waals surface area contributed by atoms with Crippen LogP contribution in [0.1, 0.15) is 19.3 Å². The number of anilines is 1. The number of fused-ring (bicyclic) bond motifs is 1. The fourth-order valence-corrected chi connectivity index (χ4v) is 4.91. The molecule has 3 aliphatic heterocycles. The van der Waals surface area contributed by atoms with Crippen LogP contribution in [0.15, 0.2) is 24.3 Å². The van der Waals surface area contributed by atoms with E-state index in [1.807, 2.05) is 17.0 Å². The van der Waals surface area contributed by atoms with Crippen LogP contribution in [0.4, 0.5) is 5.69 Å². The average molecular weight is 466 g/mol. The number of thiocarbonyl (C=S) groups is 1. The summed E-state index contributed by atoms with van der Waals surface area (Å²) in [7, 11) is 0. The molecule has 2 amide bonds. The third-order valence-corrected chi connectivity index (χ3v) is 6.59. The maximum absolute atomic E-state index is 12.5. The molecule has 3 fully saturated rings. The molecule has 0 aromatic heterocycles. The molecule has 8 nitrogen and oxygen atoms in total. The van der Waals surface area contributed by atoms with Crippen LogP contribution >= 0.6 is 23.8 Å². The Morgan fingerprint density at radius 2 is 2.00 bits per heavy atom. The van der Waals surface area contributed by atoms with Gasteiger partial charge in [0.2, 0.25) is 11.8 Å². The molecule has 168 valence electrons. The van der Waals surface area contributed by atoms with Gasteiger partial charge in [-0.2, -0.15) is 0 Å². The van der Waals surface area contributed by atoms with E-state index < -0.39 is 0 Å². The number of ether oxygens (including phenoxy) is 1. The summed E-state index contributed by atoms with van der Waals surface area (Å²) in [6.45, 7) is 3.84. The molecule has 1 aromatic rings. The lowest BCUT2D eigenvalue weighted by molar-refractivity contribution is -0.135. The predicted octanol–water partition coefficient (Wildman–Crippen LogP) is 1.21. The van der Waals surface area contributed by atoms with E-state index >= 15 is 0 Å². The van der Waals surface area contributed by atoms with Crippen LogP contribution in [0.3, 0.4) is 0 Å². The van der Waals surface area contributed by atoms with E-state index in [1.54, 1.807) is 12.1 Å². The minimum absolute atomic E-state index is 0.0524. The van der Waals surface area contributed by atoms with E-state index in [4.69, 9.17) is 28.6 Å². The molecule has 0 aliphatic carbocycles. The maximum atomic E-state index is 12.5. The van der Waals surface area contributed by atoms with E-state index in [1.165, 1.54) is 0 Å². The quantitative estimate of drug-likeness (QED) is 0.563. The minimum atomic E-state index is -0.187. The number of piperazine rings is 1. The Bertz CT molecular complexity index is 818. The number of hydrogen-bond acceptors (Lipinski definition) is 5. The fraction of sp³-hybridized carbons (Fsp3) is 0.571. The Morgan fingerprint density at radius 3 is 2.74 bits per heavy atom. The van der Waals surface area contributed by atoms with Crippen molar-refractivity contribution >= 4 is 46.4 Å². The van der Waals surface area contributed by atoms with E-state index in [9.17, 15) is 9.59 Å². The van der Waals surface area contributed by atoms with Crippen LogP contribution in [0.25, 0.3) is 0 Å².